The van der Waals surface area contributed by atoms with Crippen LogP contribution in [0, 0.1) is 6.92 Å². The number of carbonyl (C=O) groups is 2. The smallest absolute Gasteiger partial charge is 0.348 e. The van der Waals surface area contributed by atoms with Gasteiger partial charge in [-0.25, -0.2) is 4.79 Å². The molecule has 1 unspecified atom stereocenters. The molecule has 1 aliphatic rings. The van der Waals surface area contributed by atoms with Gasteiger partial charge in [0.1, 0.15) is 11.5 Å². The Hall–Kier alpha value is -3.02. The Balaban J connectivity index is 1.98. The standard InChI is InChI=1S/C19H19NO5/c1-12-10-13(8-9-15(12)23-2)18(21)20-11-17(19(22)24-3)25-16-7-5-4-6-14(16)20/h4-10,17H,11H2,1-3H3. The Morgan fingerprint density at radius 1 is 1.16 bits per heavy atom. The highest BCUT2D eigenvalue weighted by molar-refractivity contribution is 6.08. The zero-order valence-corrected chi connectivity index (χ0v) is 14.3. The van der Waals surface area contributed by atoms with Gasteiger partial charge < -0.3 is 19.1 Å². The summed E-state index contributed by atoms with van der Waals surface area (Å²) >= 11 is 0. The molecule has 0 aromatic heterocycles. The summed E-state index contributed by atoms with van der Waals surface area (Å²) in [6.07, 6.45) is -0.858. The Morgan fingerprint density at radius 2 is 1.92 bits per heavy atom. The Morgan fingerprint density at radius 3 is 2.60 bits per heavy atom. The molecule has 0 saturated carbocycles. The van der Waals surface area contributed by atoms with Crippen molar-refractivity contribution in [1.29, 1.82) is 0 Å². The van der Waals surface area contributed by atoms with E-state index in [9.17, 15) is 9.59 Å². The molecule has 1 amide bonds. The molecule has 1 atom stereocenters. The first-order valence-electron chi connectivity index (χ1n) is 7.85. The molecule has 6 nitrogen and oxygen atoms in total. The van der Waals surface area contributed by atoms with Crippen molar-refractivity contribution in [3.8, 4) is 11.5 Å². The zero-order valence-electron chi connectivity index (χ0n) is 14.3. The van der Waals surface area contributed by atoms with E-state index < -0.39 is 12.1 Å². The Bertz CT molecular complexity index is 817. The van der Waals surface area contributed by atoms with E-state index >= 15 is 0 Å². The lowest BCUT2D eigenvalue weighted by Crippen LogP contribution is -2.47. The molecular weight excluding hydrogens is 322 g/mol. The van der Waals surface area contributed by atoms with E-state index in [4.69, 9.17) is 14.2 Å². The average molecular weight is 341 g/mol. The number of hydrogen-bond donors (Lipinski definition) is 0. The quantitative estimate of drug-likeness (QED) is 0.803. The molecule has 3 rings (SSSR count). The van der Waals surface area contributed by atoms with Gasteiger partial charge in [0, 0.05) is 5.56 Å². The van der Waals surface area contributed by atoms with Crippen molar-refractivity contribution in [2.24, 2.45) is 0 Å². The lowest BCUT2D eigenvalue weighted by molar-refractivity contribution is -0.148. The molecule has 0 saturated heterocycles. The van der Waals surface area contributed by atoms with Crippen LogP contribution in [-0.4, -0.2) is 38.7 Å². The number of carbonyl (C=O) groups excluding carboxylic acids is 2. The van der Waals surface area contributed by atoms with E-state index in [1.807, 2.05) is 13.0 Å². The summed E-state index contributed by atoms with van der Waals surface area (Å²) in [6.45, 7) is 1.97. The van der Waals surface area contributed by atoms with Crippen LogP contribution in [-0.2, 0) is 9.53 Å². The summed E-state index contributed by atoms with van der Waals surface area (Å²) in [4.78, 5) is 26.5. The summed E-state index contributed by atoms with van der Waals surface area (Å²) in [7, 11) is 2.88. The third kappa shape index (κ3) is 3.15. The second kappa shape index (κ2) is 6.84. The third-order valence-electron chi connectivity index (χ3n) is 4.12. The maximum absolute atomic E-state index is 13.0. The number of fused-ring (bicyclic) bond motifs is 1. The van der Waals surface area contributed by atoms with Gasteiger partial charge in [0.15, 0.2) is 0 Å². The van der Waals surface area contributed by atoms with Crippen LogP contribution in [0.25, 0.3) is 0 Å². The highest BCUT2D eigenvalue weighted by atomic mass is 16.6. The van der Waals surface area contributed by atoms with Gasteiger partial charge in [0.25, 0.3) is 5.91 Å². The molecule has 0 aliphatic carbocycles. The number of rotatable bonds is 3. The minimum absolute atomic E-state index is 0.0909. The molecule has 1 heterocycles. The van der Waals surface area contributed by atoms with Crippen LogP contribution < -0.4 is 14.4 Å². The normalized spacial score (nSPS) is 15.8. The molecular formula is C19H19NO5. The van der Waals surface area contributed by atoms with Gasteiger partial charge in [0.05, 0.1) is 26.5 Å². The molecule has 0 bridgehead atoms. The number of methoxy groups -OCH3 is 2. The Labute approximate surface area is 145 Å². The summed E-state index contributed by atoms with van der Waals surface area (Å²) < 4.78 is 15.7. The molecule has 25 heavy (non-hydrogen) atoms. The van der Waals surface area contributed by atoms with E-state index in [2.05, 4.69) is 0 Å². The van der Waals surface area contributed by atoms with Gasteiger partial charge in [-0.05, 0) is 42.8 Å². The zero-order chi connectivity index (χ0) is 18.0. The number of ether oxygens (including phenoxy) is 3. The van der Waals surface area contributed by atoms with Crippen LogP contribution in [0.15, 0.2) is 42.5 Å². The lowest BCUT2D eigenvalue weighted by Gasteiger charge is -2.33. The van der Waals surface area contributed by atoms with Gasteiger partial charge in [-0.3, -0.25) is 4.79 Å². The predicted octanol–water partition coefficient (Wildman–Crippen LogP) is 2.58. The topological polar surface area (TPSA) is 65.1 Å². The summed E-state index contributed by atoms with van der Waals surface area (Å²) in [5, 5.41) is 0. The average Bonchev–Trinajstić information content (AvgIpc) is 2.65. The fraction of sp³-hybridized carbons (Fsp3) is 0.263. The first kappa shape index (κ1) is 16.8. The van der Waals surface area contributed by atoms with Crippen molar-refractivity contribution in [3.05, 3.63) is 53.6 Å². The predicted molar refractivity (Wildman–Crippen MR) is 92.3 cm³/mol. The minimum atomic E-state index is -0.858. The maximum Gasteiger partial charge on any atom is 0.348 e. The largest absolute Gasteiger partial charge is 0.496 e. The number of benzene rings is 2. The molecule has 0 spiro atoms. The molecule has 6 heteroatoms. The second-order valence-electron chi connectivity index (χ2n) is 5.70. The molecule has 2 aromatic rings. The molecule has 2 aromatic carbocycles. The fourth-order valence-electron chi connectivity index (χ4n) is 2.85. The van der Waals surface area contributed by atoms with Gasteiger partial charge in [-0.15, -0.1) is 0 Å². The number of aryl methyl sites for hydroxylation is 1. The van der Waals surface area contributed by atoms with E-state index in [0.717, 1.165) is 5.56 Å². The van der Waals surface area contributed by atoms with Gasteiger partial charge in [-0.2, -0.15) is 0 Å². The summed E-state index contributed by atoms with van der Waals surface area (Å²) in [5.41, 5.74) is 2.00. The van der Waals surface area contributed by atoms with Crippen molar-refractivity contribution < 1.29 is 23.8 Å². The first-order chi connectivity index (χ1) is 12.0. The van der Waals surface area contributed by atoms with Crippen molar-refractivity contribution in [1.82, 2.24) is 0 Å². The van der Waals surface area contributed by atoms with Crippen molar-refractivity contribution in [2.75, 3.05) is 25.7 Å². The van der Waals surface area contributed by atoms with Crippen LogP contribution >= 0.6 is 0 Å². The van der Waals surface area contributed by atoms with E-state index in [-0.39, 0.29) is 12.5 Å². The number of hydrogen-bond acceptors (Lipinski definition) is 5. The van der Waals surface area contributed by atoms with E-state index in [1.54, 1.807) is 48.4 Å². The maximum atomic E-state index is 13.0. The van der Waals surface area contributed by atoms with Gasteiger partial charge in [-0.1, -0.05) is 12.1 Å². The van der Waals surface area contributed by atoms with Crippen molar-refractivity contribution >= 4 is 17.6 Å². The van der Waals surface area contributed by atoms with Crippen LogP contribution in [0.2, 0.25) is 0 Å². The van der Waals surface area contributed by atoms with Crippen molar-refractivity contribution in [3.63, 3.8) is 0 Å². The van der Waals surface area contributed by atoms with E-state index in [1.165, 1.54) is 7.11 Å². The molecule has 0 radical (unpaired) electrons. The highest BCUT2D eigenvalue weighted by Gasteiger charge is 2.34. The lowest BCUT2D eigenvalue weighted by atomic mass is 10.1. The van der Waals surface area contributed by atoms with Crippen LogP contribution in [0.1, 0.15) is 15.9 Å². The molecule has 130 valence electrons. The summed E-state index contributed by atoms with van der Waals surface area (Å²) in [5.74, 6) is 0.461. The molecule has 1 aliphatic heterocycles. The minimum Gasteiger partial charge on any atom is -0.496 e. The number of nitrogens with zero attached hydrogens (tertiary/aromatic N) is 1. The van der Waals surface area contributed by atoms with E-state index in [0.29, 0.717) is 22.7 Å². The van der Waals surface area contributed by atoms with Gasteiger partial charge in [0.2, 0.25) is 6.10 Å². The summed E-state index contributed by atoms with van der Waals surface area (Å²) in [6, 6.07) is 12.4. The van der Waals surface area contributed by atoms with Gasteiger partial charge >= 0.3 is 5.97 Å². The molecule has 0 fully saturated rings. The number of esters is 1. The van der Waals surface area contributed by atoms with Crippen LogP contribution in [0.5, 0.6) is 11.5 Å². The molecule has 0 N–H and O–H groups in total. The second-order valence-corrected chi connectivity index (χ2v) is 5.70. The van der Waals surface area contributed by atoms with Crippen LogP contribution in [0.3, 0.4) is 0 Å². The third-order valence-corrected chi connectivity index (χ3v) is 4.12. The highest BCUT2D eigenvalue weighted by Crippen LogP contribution is 2.34. The Kier molecular flexibility index (Phi) is 4.61. The SMILES string of the molecule is COC(=O)C1CN(C(=O)c2ccc(OC)c(C)c2)c2ccccc2O1. The first-order valence-corrected chi connectivity index (χ1v) is 7.85. The van der Waals surface area contributed by atoms with Crippen LogP contribution in [0.4, 0.5) is 5.69 Å². The fourth-order valence-corrected chi connectivity index (χ4v) is 2.85. The number of anilines is 1. The van der Waals surface area contributed by atoms with Crippen molar-refractivity contribution in [2.45, 2.75) is 13.0 Å². The number of amides is 1. The number of para-hydroxylation sites is 2. The monoisotopic (exact) mass is 341 g/mol.